The Hall–Kier alpha value is -0.320. The lowest BCUT2D eigenvalue weighted by Crippen LogP contribution is -2.60. The predicted octanol–water partition coefficient (Wildman–Crippen LogP) is -1.65. The summed E-state index contributed by atoms with van der Waals surface area (Å²) in [6.07, 6.45) is -5.20. The molecule has 24 heavy (non-hydrogen) atoms. The molecule has 1 saturated heterocycles. The van der Waals surface area contributed by atoms with Crippen LogP contribution in [0.25, 0.3) is 0 Å². The first kappa shape index (κ1) is 20.0. The van der Waals surface area contributed by atoms with E-state index in [1.807, 2.05) is 6.92 Å². The lowest BCUT2D eigenvalue weighted by atomic mass is 9.73. The Morgan fingerprint density at radius 1 is 1.08 bits per heavy atom. The van der Waals surface area contributed by atoms with E-state index in [4.69, 9.17) is 14.6 Å². The average molecular weight is 350 g/mol. The molecular weight excluding hydrogens is 320 g/mol. The molecule has 0 aromatic heterocycles. The summed E-state index contributed by atoms with van der Waals surface area (Å²) in [5.41, 5.74) is -1.24. The van der Waals surface area contributed by atoms with Gasteiger partial charge in [0.1, 0.15) is 24.4 Å². The molecule has 2 fully saturated rings. The van der Waals surface area contributed by atoms with Gasteiger partial charge < -0.3 is 40.1 Å². The molecule has 8 nitrogen and oxygen atoms in total. The number of rotatable bonds is 5. The monoisotopic (exact) mass is 350 g/mol. The molecule has 1 heterocycles. The fraction of sp³-hybridized carbons (Fsp3) is 1.00. The van der Waals surface area contributed by atoms with Crippen molar-refractivity contribution in [3.63, 3.8) is 0 Å². The Morgan fingerprint density at radius 2 is 1.75 bits per heavy atom. The standard InChI is InChI=1S/C16H30O8/c1-8-3-4-9(5-10(8)18)16(2,22)7-23-15-14(21)13(20)12(19)11(6-17)24-15/h8-15,17-22H,3-7H2,1-2H3. The first-order valence-electron chi connectivity index (χ1n) is 8.50. The van der Waals surface area contributed by atoms with E-state index in [9.17, 15) is 25.5 Å². The predicted molar refractivity (Wildman–Crippen MR) is 82.9 cm³/mol. The van der Waals surface area contributed by atoms with Crippen LogP contribution in [0.3, 0.4) is 0 Å². The topological polar surface area (TPSA) is 140 Å². The van der Waals surface area contributed by atoms with Gasteiger partial charge in [0.15, 0.2) is 6.29 Å². The Morgan fingerprint density at radius 3 is 2.33 bits per heavy atom. The highest BCUT2D eigenvalue weighted by Crippen LogP contribution is 2.36. The molecule has 0 bridgehead atoms. The number of hydrogen-bond donors (Lipinski definition) is 6. The van der Waals surface area contributed by atoms with Gasteiger partial charge in [0, 0.05) is 0 Å². The van der Waals surface area contributed by atoms with Gasteiger partial charge >= 0.3 is 0 Å². The Balaban J connectivity index is 1.93. The summed E-state index contributed by atoms with van der Waals surface area (Å²) in [7, 11) is 0. The number of aliphatic hydroxyl groups excluding tert-OH is 5. The Bertz CT molecular complexity index is 402. The molecule has 0 aromatic rings. The highest BCUT2D eigenvalue weighted by molar-refractivity contribution is 4.91. The fourth-order valence-electron chi connectivity index (χ4n) is 3.44. The summed E-state index contributed by atoms with van der Waals surface area (Å²) < 4.78 is 10.7. The largest absolute Gasteiger partial charge is 0.394 e. The summed E-state index contributed by atoms with van der Waals surface area (Å²) in [6, 6.07) is 0. The zero-order chi connectivity index (χ0) is 18.1. The van der Waals surface area contributed by atoms with Crippen LogP contribution >= 0.6 is 0 Å². The van der Waals surface area contributed by atoms with Crippen LogP contribution in [-0.4, -0.2) is 86.3 Å². The summed E-state index contributed by atoms with van der Waals surface area (Å²) >= 11 is 0. The van der Waals surface area contributed by atoms with E-state index in [0.29, 0.717) is 6.42 Å². The zero-order valence-corrected chi connectivity index (χ0v) is 14.2. The lowest BCUT2D eigenvalue weighted by molar-refractivity contribution is -0.310. The van der Waals surface area contributed by atoms with Crippen LogP contribution in [0.4, 0.5) is 0 Å². The smallest absolute Gasteiger partial charge is 0.186 e. The second-order valence-corrected chi connectivity index (χ2v) is 7.42. The van der Waals surface area contributed by atoms with Crippen molar-refractivity contribution in [2.45, 2.75) is 75.5 Å². The fourth-order valence-corrected chi connectivity index (χ4v) is 3.44. The molecule has 1 aliphatic heterocycles. The molecule has 9 atom stereocenters. The van der Waals surface area contributed by atoms with E-state index < -0.39 is 49.0 Å². The second-order valence-electron chi connectivity index (χ2n) is 7.42. The third kappa shape index (κ3) is 4.25. The molecule has 1 aliphatic carbocycles. The average Bonchev–Trinajstić information content (AvgIpc) is 2.54. The van der Waals surface area contributed by atoms with Crippen LogP contribution in [0.2, 0.25) is 0 Å². The van der Waals surface area contributed by atoms with E-state index in [1.54, 1.807) is 6.92 Å². The summed E-state index contributed by atoms with van der Waals surface area (Å²) in [4.78, 5) is 0. The van der Waals surface area contributed by atoms with Gasteiger partial charge in [0.05, 0.1) is 24.9 Å². The molecule has 142 valence electrons. The Kier molecular flexibility index (Phi) is 6.60. The molecule has 8 heteroatoms. The van der Waals surface area contributed by atoms with Crippen molar-refractivity contribution in [3.8, 4) is 0 Å². The van der Waals surface area contributed by atoms with E-state index in [-0.39, 0.29) is 18.4 Å². The zero-order valence-electron chi connectivity index (χ0n) is 14.2. The molecule has 6 N–H and O–H groups in total. The van der Waals surface area contributed by atoms with E-state index in [0.717, 1.165) is 12.8 Å². The van der Waals surface area contributed by atoms with Gasteiger partial charge in [-0.15, -0.1) is 0 Å². The van der Waals surface area contributed by atoms with Gasteiger partial charge in [-0.25, -0.2) is 0 Å². The van der Waals surface area contributed by atoms with Crippen molar-refractivity contribution in [1.29, 1.82) is 0 Å². The van der Waals surface area contributed by atoms with Crippen LogP contribution in [0.1, 0.15) is 33.1 Å². The van der Waals surface area contributed by atoms with Crippen LogP contribution in [0.15, 0.2) is 0 Å². The van der Waals surface area contributed by atoms with Crippen LogP contribution in [0, 0.1) is 11.8 Å². The van der Waals surface area contributed by atoms with Crippen molar-refractivity contribution in [2.24, 2.45) is 11.8 Å². The third-order valence-electron chi connectivity index (χ3n) is 5.42. The van der Waals surface area contributed by atoms with E-state index in [1.165, 1.54) is 0 Å². The normalized spacial score (nSPS) is 46.5. The van der Waals surface area contributed by atoms with Crippen LogP contribution in [-0.2, 0) is 9.47 Å². The van der Waals surface area contributed by atoms with Gasteiger partial charge in [0.2, 0.25) is 0 Å². The molecule has 2 aliphatic rings. The quantitative estimate of drug-likeness (QED) is 0.347. The van der Waals surface area contributed by atoms with Crippen molar-refractivity contribution in [1.82, 2.24) is 0 Å². The van der Waals surface area contributed by atoms with Crippen molar-refractivity contribution >= 4 is 0 Å². The minimum atomic E-state index is -1.51. The summed E-state index contributed by atoms with van der Waals surface area (Å²) in [5.74, 6) is 0.0389. The summed E-state index contributed by atoms with van der Waals surface area (Å²) in [6.45, 7) is 2.87. The van der Waals surface area contributed by atoms with E-state index >= 15 is 0 Å². The van der Waals surface area contributed by atoms with Gasteiger partial charge in [0.25, 0.3) is 0 Å². The third-order valence-corrected chi connectivity index (χ3v) is 5.42. The first-order valence-corrected chi connectivity index (χ1v) is 8.50. The summed E-state index contributed by atoms with van der Waals surface area (Å²) in [5, 5.41) is 59.2. The molecule has 0 spiro atoms. The van der Waals surface area contributed by atoms with Crippen molar-refractivity contribution < 1.29 is 40.1 Å². The van der Waals surface area contributed by atoms with Gasteiger partial charge in [-0.3, -0.25) is 0 Å². The molecule has 1 saturated carbocycles. The highest BCUT2D eigenvalue weighted by Gasteiger charge is 2.45. The number of aliphatic hydroxyl groups is 6. The molecule has 2 rings (SSSR count). The minimum absolute atomic E-state index is 0.159. The van der Waals surface area contributed by atoms with Gasteiger partial charge in [-0.1, -0.05) is 6.92 Å². The second kappa shape index (κ2) is 7.92. The SMILES string of the molecule is CC1CCC(C(C)(O)COC2OC(CO)C(O)C(O)C2O)CC1O. The lowest BCUT2D eigenvalue weighted by Gasteiger charge is -2.43. The number of ether oxygens (including phenoxy) is 2. The van der Waals surface area contributed by atoms with Crippen molar-refractivity contribution in [2.75, 3.05) is 13.2 Å². The van der Waals surface area contributed by atoms with Gasteiger partial charge in [-0.2, -0.15) is 0 Å². The number of hydrogen-bond acceptors (Lipinski definition) is 8. The van der Waals surface area contributed by atoms with Crippen LogP contribution < -0.4 is 0 Å². The van der Waals surface area contributed by atoms with Crippen LogP contribution in [0.5, 0.6) is 0 Å². The molecule has 9 unspecified atom stereocenters. The maximum atomic E-state index is 10.7. The van der Waals surface area contributed by atoms with E-state index in [2.05, 4.69) is 0 Å². The van der Waals surface area contributed by atoms with Gasteiger partial charge in [-0.05, 0) is 38.0 Å². The first-order chi connectivity index (χ1) is 11.2. The maximum absolute atomic E-state index is 10.7. The molecule has 0 aromatic carbocycles. The maximum Gasteiger partial charge on any atom is 0.186 e. The van der Waals surface area contributed by atoms with Crippen molar-refractivity contribution in [3.05, 3.63) is 0 Å². The Labute approximate surface area is 141 Å². The minimum Gasteiger partial charge on any atom is -0.394 e. The molecular formula is C16H30O8. The highest BCUT2D eigenvalue weighted by atomic mass is 16.7. The molecule has 0 amide bonds. The molecule has 0 radical (unpaired) electrons.